The Kier molecular flexibility index (Phi) is 3.99. The van der Waals surface area contributed by atoms with Crippen LogP contribution in [0.5, 0.6) is 0 Å². The number of hydrogen-bond donors (Lipinski definition) is 3. The molecule has 108 valence electrons. The fourth-order valence-electron chi connectivity index (χ4n) is 3.03. The zero-order chi connectivity index (χ0) is 14.0. The molecule has 6 nitrogen and oxygen atoms in total. The normalized spacial score (nSPS) is 35.2. The highest BCUT2D eigenvalue weighted by Gasteiger charge is 2.46. The first kappa shape index (κ1) is 14.1. The van der Waals surface area contributed by atoms with Crippen LogP contribution in [0.15, 0.2) is 0 Å². The number of carbonyl (C=O) groups excluding carboxylic acids is 1. The van der Waals surface area contributed by atoms with Crippen LogP contribution in [0.4, 0.5) is 4.79 Å². The molecule has 0 aromatic carbocycles. The van der Waals surface area contributed by atoms with Crippen LogP contribution in [-0.2, 0) is 4.79 Å². The molecule has 2 rings (SSSR count). The lowest BCUT2D eigenvalue weighted by Gasteiger charge is -2.34. The van der Waals surface area contributed by atoms with Crippen LogP contribution in [0.2, 0.25) is 0 Å². The second-order valence-electron chi connectivity index (χ2n) is 5.86. The van der Waals surface area contributed by atoms with Crippen LogP contribution < -0.4 is 5.32 Å². The Bertz CT molecular complexity index is 374. The molecule has 1 aliphatic carbocycles. The monoisotopic (exact) mass is 270 g/mol. The van der Waals surface area contributed by atoms with Crippen molar-refractivity contribution in [1.82, 2.24) is 10.2 Å². The van der Waals surface area contributed by atoms with Crippen molar-refractivity contribution in [3.05, 3.63) is 0 Å². The first-order valence-corrected chi connectivity index (χ1v) is 6.90. The number of rotatable bonds is 2. The minimum absolute atomic E-state index is 0.252. The summed E-state index contributed by atoms with van der Waals surface area (Å²) in [7, 11) is 0. The van der Waals surface area contributed by atoms with Gasteiger partial charge in [-0.15, -0.1) is 0 Å². The summed E-state index contributed by atoms with van der Waals surface area (Å²) in [6, 6.07) is -0.574. The van der Waals surface area contributed by atoms with Crippen LogP contribution in [0.3, 0.4) is 0 Å². The SMILES string of the molecule is CC1(C(=O)O)CCCC1NC(=O)N1CCCC(O)C1. The van der Waals surface area contributed by atoms with Crippen molar-refractivity contribution in [1.29, 1.82) is 0 Å². The summed E-state index contributed by atoms with van der Waals surface area (Å²) in [5.41, 5.74) is -0.871. The van der Waals surface area contributed by atoms with Gasteiger partial charge in [-0.1, -0.05) is 6.42 Å². The van der Waals surface area contributed by atoms with E-state index < -0.39 is 17.5 Å². The van der Waals surface area contributed by atoms with Crippen LogP contribution in [-0.4, -0.2) is 52.3 Å². The summed E-state index contributed by atoms with van der Waals surface area (Å²) in [6.07, 6.45) is 3.15. The maximum absolute atomic E-state index is 12.1. The van der Waals surface area contributed by atoms with E-state index in [-0.39, 0.29) is 12.1 Å². The molecule has 3 unspecified atom stereocenters. The third kappa shape index (κ3) is 2.83. The Labute approximate surface area is 112 Å². The van der Waals surface area contributed by atoms with Gasteiger partial charge in [0.05, 0.1) is 11.5 Å². The number of aliphatic hydroxyl groups is 1. The lowest BCUT2D eigenvalue weighted by molar-refractivity contribution is -0.148. The summed E-state index contributed by atoms with van der Waals surface area (Å²) in [6.45, 7) is 2.65. The number of amides is 2. The van der Waals surface area contributed by atoms with Gasteiger partial charge in [0, 0.05) is 19.1 Å². The number of nitrogens with zero attached hydrogens (tertiary/aromatic N) is 1. The third-order valence-corrected chi connectivity index (χ3v) is 4.43. The second kappa shape index (κ2) is 5.36. The first-order chi connectivity index (χ1) is 8.93. The molecule has 1 heterocycles. The summed E-state index contributed by atoms with van der Waals surface area (Å²) < 4.78 is 0. The number of carbonyl (C=O) groups is 2. The largest absolute Gasteiger partial charge is 0.481 e. The van der Waals surface area contributed by atoms with E-state index in [0.29, 0.717) is 25.9 Å². The predicted molar refractivity (Wildman–Crippen MR) is 68.7 cm³/mol. The van der Waals surface area contributed by atoms with Gasteiger partial charge in [-0.25, -0.2) is 4.79 Å². The molecule has 3 atom stereocenters. The average molecular weight is 270 g/mol. The highest BCUT2D eigenvalue weighted by Crippen LogP contribution is 2.38. The highest BCUT2D eigenvalue weighted by atomic mass is 16.4. The average Bonchev–Trinajstić information content (AvgIpc) is 2.72. The molecule has 1 saturated carbocycles. The van der Waals surface area contributed by atoms with E-state index in [4.69, 9.17) is 0 Å². The molecule has 0 radical (unpaired) electrons. The van der Waals surface area contributed by atoms with Gasteiger partial charge in [0.15, 0.2) is 0 Å². The topological polar surface area (TPSA) is 89.9 Å². The number of β-amino-alcohol motifs (C(OH)–C–C–N with tert-alkyl or cyclic N) is 1. The Morgan fingerprint density at radius 1 is 1.32 bits per heavy atom. The fraction of sp³-hybridized carbons (Fsp3) is 0.846. The predicted octanol–water partition coefficient (Wildman–Crippen LogP) is 0.796. The van der Waals surface area contributed by atoms with E-state index in [0.717, 1.165) is 19.3 Å². The number of carboxylic acid groups (broad SMARTS) is 1. The number of carboxylic acids is 1. The van der Waals surface area contributed by atoms with Crippen molar-refractivity contribution < 1.29 is 19.8 Å². The molecule has 2 amide bonds. The molecule has 6 heteroatoms. The molecule has 3 N–H and O–H groups in total. The third-order valence-electron chi connectivity index (χ3n) is 4.43. The van der Waals surface area contributed by atoms with Crippen LogP contribution in [0.1, 0.15) is 39.0 Å². The molecule has 0 aromatic heterocycles. The van der Waals surface area contributed by atoms with Crippen molar-refractivity contribution in [2.75, 3.05) is 13.1 Å². The molecule has 1 aliphatic heterocycles. The maximum atomic E-state index is 12.1. The molecule has 0 aromatic rings. The molecular formula is C13H22N2O4. The van der Waals surface area contributed by atoms with Gasteiger partial charge in [-0.3, -0.25) is 4.79 Å². The lowest BCUT2D eigenvalue weighted by atomic mass is 9.85. The molecule has 19 heavy (non-hydrogen) atoms. The summed E-state index contributed by atoms with van der Waals surface area (Å²) in [4.78, 5) is 25.0. The number of aliphatic carboxylic acids is 1. The quantitative estimate of drug-likeness (QED) is 0.692. The number of nitrogens with one attached hydrogen (secondary N) is 1. The molecule has 0 bridgehead atoms. The van der Waals surface area contributed by atoms with Crippen molar-refractivity contribution in [2.45, 2.75) is 51.2 Å². The van der Waals surface area contributed by atoms with E-state index in [1.54, 1.807) is 11.8 Å². The smallest absolute Gasteiger partial charge is 0.317 e. The summed E-state index contributed by atoms with van der Waals surface area (Å²) >= 11 is 0. The zero-order valence-electron chi connectivity index (χ0n) is 11.3. The zero-order valence-corrected chi connectivity index (χ0v) is 11.3. The number of hydrogen-bond acceptors (Lipinski definition) is 3. The minimum atomic E-state index is -0.871. The molecule has 1 saturated heterocycles. The number of likely N-dealkylation sites (tertiary alicyclic amines) is 1. The molecule has 0 spiro atoms. The van der Waals surface area contributed by atoms with Gasteiger partial charge in [0.25, 0.3) is 0 Å². The Balaban J connectivity index is 1.96. The van der Waals surface area contributed by atoms with Crippen molar-refractivity contribution in [2.24, 2.45) is 5.41 Å². The summed E-state index contributed by atoms with van der Waals surface area (Å²) in [5.74, 6) is -0.853. The van der Waals surface area contributed by atoms with E-state index in [9.17, 15) is 19.8 Å². The van der Waals surface area contributed by atoms with E-state index in [2.05, 4.69) is 5.32 Å². The molecule has 2 fully saturated rings. The number of urea groups is 1. The van der Waals surface area contributed by atoms with Crippen molar-refractivity contribution in [3.63, 3.8) is 0 Å². The number of piperidine rings is 1. The second-order valence-corrected chi connectivity index (χ2v) is 5.86. The standard InChI is InChI=1S/C13H22N2O4/c1-13(11(17)18)6-2-5-10(13)14-12(19)15-7-3-4-9(16)8-15/h9-10,16H,2-8H2,1H3,(H,14,19)(H,17,18). The van der Waals surface area contributed by atoms with Gasteiger partial charge in [-0.05, 0) is 32.6 Å². The molecular weight excluding hydrogens is 248 g/mol. The van der Waals surface area contributed by atoms with Gasteiger partial charge in [-0.2, -0.15) is 0 Å². The van der Waals surface area contributed by atoms with Crippen molar-refractivity contribution in [3.8, 4) is 0 Å². The van der Waals surface area contributed by atoms with Gasteiger partial charge in [0.2, 0.25) is 0 Å². The Hall–Kier alpha value is -1.30. The lowest BCUT2D eigenvalue weighted by Crippen LogP contribution is -2.53. The van der Waals surface area contributed by atoms with Crippen LogP contribution in [0.25, 0.3) is 0 Å². The van der Waals surface area contributed by atoms with E-state index in [1.807, 2.05) is 0 Å². The van der Waals surface area contributed by atoms with Gasteiger partial charge in [0.1, 0.15) is 0 Å². The summed E-state index contributed by atoms with van der Waals surface area (Å²) in [5, 5.41) is 21.7. The Morgan fingerprint density at radius 2 is 2.05 bits per heavy atom. The maximum Gasteiger partial charge on any atom is 0.317 e. The number of aliphatic hydroxyl groups excluding tert-OH is 1. The van der Waals surface area contributed by atoms with Crippen LogP contribution >= 0.6 is 0 Å². The fourth-order valence-corrected chi connectivity index (χ4v) is 3.03. The van der Waals surface area contributed by atoms with E-state index in [1.165, 1.54) is 0 Å². The van der Waals surface area contributed by atoms with Crippen LogP contribution in [0, 0.1) is 5.41 Å². The van der Waals surface area contributed by atoms with Gasteiger partial charge < -0.3 is 20.4 Å². The highest BCUT2D eigenvalue weighted by molar-refractivity contribution is 5.79. The molecule has 2 aliphatic rings. The van der Waals surface area contributed by atoms with Gasteiger partial charge >= 0.3 is 12.0 Å². The van der Waals surface area contributed by atoms with E-state index >= 15 is 0 Å². The first-order valence-electron chi connectivity index (χ1n) is 6.90. The van der Waals surface area contributed by atoms with Crippen molar-refractivity contribution >= 4 is 12.0 Å². The Morgan fingerprint density at radius 3 is 2.68 bits per heavy atom. The minimum Gasteiger partial charge on any atom is -0.481 e.